The van der Waals surface area contributed by atoms with Gasteiger partial charge in [-0.05, 0) is 61.2 Å². The van der Waals surface area contributed by atoms with Gasteiger partial charge in [0.25, 0.3) is 5.91 Å². The maximum atomic E-state index is 12.6. The molecule has 0 bridgehead atoms. The van der Waals surface area contributed by atoms with Crippen molar-refractivity contribution in [2.75, 3.05) is 20.3 Å². The molecule has 31 heavy (non-hydrogen) atoms. The van der Waals surface area contributed by atoms with Crippen LogP contribution in [0.1, 0.15) is 43.7 Å². The molecule has 0 N–H and O–H groups in total. The fourth-order valence-electron chi connectivity index (χ4n) is 3.09. The molecule has 1 amide bonds. The summed E-state index contributed by atoms with van der Waals surface area (Å²) >= 11 is 0. The highest BCUT2D eigenvalue weighted by atomic mass is 16.5. The van der Waals surface area contributed by atoms with Crippen LogP contribution in [0, 0.1) is 6.92 Å². The topological polar surface area (TPSA) is 77.7 Å². The highest BCUT2D eigenvalue weighted by Crippen LogP contribution is 2.27. The van der Waals surface area contributed by atoms with E-state index in [4.69, 9.17) is 14.0 Å². The van der Waals surface area contributed by atoms with Crippen LogP contribution in [0.3, 0.4) is 0 Å². The molecule has 7 heteroatoms. The molecule has 0 atom stereocenters. The molecular formula is C24H29N3O4. The fourth-order valence-corrected chi connectivity index (χ4v) is 3.09. The number of nitrogens with zero attached hydrogens (tertiary/aromatic N) is 3. The third kappa shape index (κ3) is 5.84. The Morgan fingerprint density at radius 2 is 1.87 bits per heavy atom. The van der Waals surface area contributed by atoms with Crippen molar-refractivity contribution in [1.82, 2.24) is 15.0 Å². The van der Waals surface area contributed by atoms with Gasteiger partial charge in [-0.25, -0.2) is 0 Å². The smallest absolute Gasteiger partial charge is 0.260 e. The maximum absolute atomic E-state index is 12.6. The zero-order valence-corrected chi connectivity index (χ0v) is 18.7. The predicted octanol–water partition coefficient (Wildman–Crippen LogP) is 4.60. The van der Waals surface area contributed by atoms with Crippen molar-refractivity contribution < 1.29 is 18.8 Å². The van der Waals surface area contributed by atoms with E-state index in [1.807, 2.05) is 56.3 Å². The van der Waals surface area contributed by atoms with Crippen LogP contribution in [0.5, 0.6) is 11.5 Å². The van der Waals surface area contributed by atoms with Crippen LogP contribution in [0.2, 0.25) is 0 Å². The van der Waals surface area contributed by atoms with Crippen LogP contribution in [-0.4, -0.2) is 41.2 Å². The lowest BCUT2D eigenvalue weighted by molar-refractivity contribution is -0.132. The van der Waals surface area contributed by atoms with Gasteiger partial charge in [0.2, 0.25) is 11.7 Å². The summed E-state index contributed by atoms with van der Waals surface area (Å²) in [6, 6.07) is 13.5. The van der Waals surface area contributed by atoms with Crippen LogP contribution in [0.25, 0.3) is 11.4 Å². The Morgan fingerprint density at radius 1 is 1.13 bits per heavy atom. The molecule has 1 aromatic heterocycles. The Labute approximate surface area is 183 Å². The van der Waals surface area contributed by atoms with Gasteiger partial charge >= 0.3 is 0 Å². The van der Waals surface area contributed by atoms with E-state index in [0.717, 1.165) is 28.2 Å². The van der Waals surface area contributed by atoms with E-state index < -0.39 is 0 Å². The molecule has 3 aromatic rings. The molecule has 7 nitrogen and oxygen atoms in total. The molecule has 0 aliphatic heterocycles. The van der Waals surface area contributed by atoms with E-state index in [-0.39, 0.29) is 19.1 Å². The quantitative estimate of drug-likeness (QED) is 0.500. The number of aromatic nitrogens is 2. The SMILES string of the molecule is CCOc1ccc(-c2noc(CN(C)C(=O)COc3cc(C)ccc3C(C)C)n2)cc1. The molecule has 0 unspecified atom stereocenters. The summed E-state index contributed by atoms with van der Waals surface area (Å²) in [7, 11) is 1.69. The minimum absolute atomic E-state index is 0.0560. The summed E-state index contributed by atoms with van der Waals surface area (Å²) < 4.78 is 16.6. The number of benzene rings is 2. The first-order chi connectivity index (χ1) is 14.9. The minimum atomic E-state index is -0.169. The lowest BCUT2D eigenvalue weighted by Crippen LogP contribution is -2.31. The third-order valence-electron chi connectivity index (χ3n) is 4.83. The van der Waals surface area contributed by atoms with E-state index in [1.165, 1.54) is 4.90 Å². The van der Waals surface area contributed by atoms with Gasteiger partial charge in [0, 0.05) is 12.6 Å². The van der Waals surface area contributed by atoms with Crippen LogP contribution >= 0.6 is 0 Å². The highest BCUT2D eigenvalue weighted by Gasteiger charge is 2.17. The molecule has 0 saturated heterocycles. The second kappa shape index (κ2) is 10.1. The normalized spacial score (nSPS) is 10.9. The van der Waals surface area contributed by atoms with Crippen molar-refractivity contribution >= 4 is 5.91 Å². The number of carbonyl (C=O) groups excluding carboxylic acids is 1. The van der Waals surface area contributed by atoms with Gasteiger partial charge in [-0.3, -0.25) is 4.79 Å². The Kier molecular flexibility index (Phi) is 7.28. The summed E-state index contributed by atoms with van der Waals surface area (Å²) in [6.07, 6.45) is 0. The molecule has 0 fully saturated rings. The van der Waals surface area contributed by atoms with Crippen LogP contribution in [-0.2, 0) is 11.3 Å². The molecule has 1 heterocycles. The monoisotopic (exact) mass is 423 g/mol. The van der Waals surface area contributed by atoms with Crippen LogP contribution in [0.4, 0.5) is 0 Å². The van der Waals surface area contributed by atoms with E-state index >= 15 is 0 Å². The molecule has 0 aliphatic rings. The first-order valence-corrected chi connectivity index (χ1v) is 10.4. The van der Waals surface area contributed by atoms with Crippen molar-refractivity contribution in [2.24, 2.45) is 0 Å². The number of ether oxygens (including phenoxy) is 2. The largest absolute Gasteiger partial charge is 0.494 e. The standard InChI is InChI=1S/C24H29N3O4/c1-6-29-19-10-8-18(9-11-19)24-25-22(31-26-24)14-27(5)23(28)15-30-21-13-17(4)7-12-20(21)16(2)3/h7-13,16H,6,14-15H2,1-5H3. The van der Waals surface area contributed by atoms with Crippen molar-refractivity contribution in [3.63, 3.8) is 0 Å². The number of likely N-dealkylation sites (N-methyl/N-ethyl adjacent to an activating group) is 1. The first-order valence-electron chi connectivity index (χ1n) is 10.4. The summed E-state index contributed by atoms with van der Waals surface area (Å²) in [4.78, 5) is 18.5. The summed E-state index contributed by atoms with van der Waals surface area (Å²) in [6.45, 7) is 8.90. The van der Waals surface area contributed by atoms with E-state index in [9.17, 15) is 4.79 Å². The zero-order valence-electron chi connectivity index (χ0n) is 18.7. The van der Waals surface area contributed by atoms with Gasteiger partial charge in [0.1, 0.15) is 11.5 Å². The number of hydrogen-bond acceptors (Lipinski definition) is 6. The lowest BCUT2D eigenvalue weighted by Gasteiger charge is -2.18. The van der Waals surface area contributed by atoms with Crippen molar-refractivity contribution in [1.29, 1.82) is 0 Å². The van der Waals surface area contributed by atoms with E-state index in [2.05, 4.69) is 24.0 Å². The second-order valence-electron chi connectivity index (χ2n) is 7.70. The summed E-state index contributed by atoms with van der Waals surface area (Å²) in [5.41, 5.74) is 2.99. The van der Waals surface area contributed by atoms with E-state index in [0.29, 0.717) is 24.2 Å². The number of aryl methyl sites for hydroxylation is 1. The molecular weight excluding hydrogens is 394 g/mol. The Hall–Kier alpha value is -3.35. The highest BCUT2D eigenvalue weighted by molar-refractivity contribution is 5.77. The molecule has 164 valence electrons. The van der Waals surface area contributed by atoms with Crippen molar-refractivity contribution in [3.8, 4) is 22.9 Å². The predicted molar refractivity (Wildman–Crippen MR) is 118 cm³/mol. The Bertz CT molecular complexity index is 1010. The first kappa shape index (κ1) is 22.3. The maximum Gasteiger partial charge on any atom is 0.260 e. The number of amides is 1. The van der Waals surface area contributed by atoms with Gasteiger partial charge in [-0.2, -0.15) is 4.98 Å². The van der Waals surface area contributed by atoms with E-state index in [1.54, 1.807) is 7.05 Å². The van der Waals surface area contributed by atoms with Gasteiger partial charge in [-0.1, -0.05) is 31.1 Å². The molecule has 0 saturated carbocycles. The minimum Gasteiger partial charge on any atom is -0.494 e. The fraction of sp³-hybridized carbons (Fsp3) is 0.375. The summed E-state index contributed by atoms with van der Waals surface area (Å²) in [5, 5.41) is 4.01. The van der Waals surface area contributed by atoms with Crippen LogP contribution < -0.4 is 9.47 Å². The average molecular weight is 424 g/mol. The number of rotatable bonds is 9. The lowest BCUT2D eigenvalue weighted by atomic mass is 10.0. The van der Waals surface area contributed by atoms with Gasteiger partial charge < -0.3 is 18.9 Å². The number of carbonyl (C=O) groups is 1. The van der Waals surface area contributed by atoms with Gasteiger partial charge in [0.15, 0.2) is 6.61 Å². The van der Waals surface area contributed by atoms with Gasteiger partial charge in [-0.15, -0.1) is 0 Å². The van der Waals surface area contributed by atoms with Crippen LogP contribution in [0.15, 0.2) is 47.0 Å². The molecule has 0 spiro atoms. The van der Waals surface area contributed by atoms with Crippen molar-refractivity contribution in [3.05, 3.63) is 59.5 Å². The zero-order chi connectivity index (χ0) is 22.4. The molecule has 0 aliphatic carbocycles. The molecule has 0 radical (unpaired) electrons. The van der Waals surface area contributed by atoms with Crippen molar-refractivity contribution in [2.45, 2.75) is 40.2 Å². The summed E-state index contributed by atoms with van der Waals surface area (Å²) in [5.74, 6) is 2.50. The molecule has 3 rings (SSSR count). The van der Waals surface area contributed by atoms with Gasteiger partial charge in [0.05, 0.1) is 13.2 Å². The Morgan fingerprint density at radius 3 is 2.55 bits per heavy atom. The Balaban J connectivity index is 1.59. The number of hydrogen-bond donors (Lipinski definition) is 0. The average Bonchev–Trinajstić information content (AvgIpc) is 3.21. The second-order valence-corrected chi connectivity index (χ2v) is 7.70. The molecule has 2 aromatic carbocycles. The third-order valence-corrected chi connectivity index (χ3v) is 4.83.